The van der Waals surface area contributed by atoms with Gasteiger partial charge >= 0.3 is 0 Å². The Morgan fingerprint density at radius 2 is 2.21 bits per heavy atom. The Labute approximate surface area is 115 Å². The van der Waals surface area contributed by atoms with Crippen LogP contribution in [-0.4, -0.2) is 18.0 Å². The minimum absolute atomic E-state index is 0.341. The molecule has 2 aromatic rings. The van der Waals surface area contributed by atoms with Gasteiger partial charge in [0, 0.05) is 18.0 Å². The molecule has 1 aromatic carbocycles. The van der Waals surface area contributed by atoms with Crippen LogP contribution < -0.4 is 15.8 Å². The minimum atomic E-state index is -0.341. The third-order valence-electron chi connectivity index (χ3n) is 2.49. The summed E-state index contributed by atoms with van der Waals surface area (Å²) in [5, 5.41) is 3.08. The number of methoxy groups -OCH3 is 1. The van der Waals surface area contributed by atoms with Crippen molar-refractivity contribution < 1.29 is 9.53 Å². The number of rotatable bonds is 3. The van der Waals surface area contributed by atoms with Crippen LogP contribution in [0.3, 0.4) is 0 Å². The molecule has 6 heteroatoms. The van der Waals surface area contributed by atoms with Gasteiger partial charge in [-0.2, -0.15) is 0 Å². The number of amides is 1. The molecule has 98 valence electrons. The highest BCUT2D eigenvalue weighted by Crippen LogP contribution is 2.24. The molecule has 0 aliphatic carbocycles. The average molecular weight is 278 g/mol. The molecule has 0 saturated heterocycles. The van der Waals surface area contributed by atoms with E-state index in [-0.39, 0.29) is 5.91 Å². The van der Waals surface area contributed by atoms with E-state index in [2.05, 4.69) is 10.3 Å². The lowest BCUT2D eigenvalue weighted by molar-refractivity contribution is 0.102. The fraction of sp³-hybridized carbons (Fsp3) is 0.0769. The SMILES string of the molecule is COc1cc(N)ccc1C(=O)Nc1cnccc1Cl. The van der Waals surface area contributed by atoms with Crippen LogP contribution in [0.2, 0.25) is 5.02 Å². The number of nitrogen functional groups attached to an aromatic ring is 1. The van der Waals surface area contributed by atoms with E-state index in [0.717, 1.165) is 0 Å². The number of carbonyl (C=O) groups excluding carboxylic acids is 1. The van der Waals surface area contributed by atoms with Gasteiger partial charge in [0.25, 0.3) is 5.91 Å². The molecule has 3 N–H and O–H groups in total. The molecular weight excluding hydrogens is 266 g/mol. The molecule has 19 heavy (non-hydrogen) atoms. The van der Waals surface area contributed by atoms with Crippen LogP contribution in [0.5, 0.6) is 5.75 Å². The van der Waals surface area contributed by atoms with Crippen molar-refractivity contribution in [1.82, 2.24) is 4.98 Å². The topological polar surface area (TPSA) is 77.2 Å². The van der Waals surface area contributed by atoms with Gasteiger partial charge in [-0.3, -0.25) is 9.78 Å². The van der Waals surface area contributed by atoms with Crippen molar-refractivity contribution in [2.75, 3.05) is 18.2 Å². The molecule has 5 nitrogen and oxygen atoms in total. The summed E-state index contributed by atoms with van der Waals surface area (Å²) in [5.41, 5.74) is 6.97. The predicted molar refractivity (Wildman–Crippen MR) is 74.6 cm³/mol. The van der Waals surface area contributed by atoms with Crippen molar-refractivity contribution in [2.24, 2.45) is 0 Å². The van der Waals surface area contributed by atoms with E-state index in [4.69, 9.17) is 22.1 Å². The molecule has 0 bridgehead atoms. The quantitative estimate of drug-likeness (QED) is 0.846. The van der Waals surface area contributed by atoms with Crippen LogP contribution in [0.25, 0.3) is 0 Å². The number of halogens is 1. The molecule has 0 spiro atoms. The fourth-order valence-corrected chi connectivity index (χ4v) is 1.71. The average Bonchev–Trinajstić information content (AvgIpc) is 2.41. The number of anilines is 2. The minimum Gasteiger partial charge on any atom is -0.496 e. The Morgan fingerprint density at radius 3 is 2.89 bits per heavy atom. The van der Waals surface area contributed by atoms with E-state index in [1.54, 1.807) is 30.5 Å². The normalized spacial score (nSPS) is 10.0. The molecule has 1 amide bonds. The summed E-state index contributed by atoms with van der Waals surface area (Å²) < 4.78 is 5.13. The number of nitrogens with zero attached hydrogens (tertiary/aromatic N) is 1. The molecule has 0 radical (unpaired) electrons. The number of hydrogen-bond donors (Lipinski definition) is 2. The standard InChI is InChI=1S/C13H12ClN3O2/c1-19-12-6-8(15)2-3-9(12)13(18)17-11-7-16-5-4-10(11)14/h2-7H,15H2,1H3,(H,17,18). The molecule has 0 aliphatic rings. The molecular formula is C13H12ClN3O2. The predicted octanol–water partition coefficient (Wildman–Crippen LogP) is 2.58. The first-order chi connectivity index (χ1) is 9.11. The third kappa shape index (κ3) is 2.95. The first-order valence-corrected chi connectivity index (χ1v) is 5.84. The van der Waals surface area contributed by atoms with Crippen LogP contribution in [-0.2, 0) is 0 Å². The van der Waals surface area contributed by atoms with Gasteiger partial charge in [-0.05, 0) is 18.2 Å². The highest BCUT2D eigenvalue weighted by molar-refractivity contribution is 6.33. The maximum absolute atomic E-state index is 12.1. The highest BCUT2D eigenvalue weighted by atomic mass is 35.5. The maximum Gasteiger partial charge on any atom is 0.259 e. The zero-order valence-electron chi connectivity index (χ0n) is 10.2. The van der Waals surface area contributed by atoms with Crippen LogP contribution in [0.1, 0.15) is 10.4 Å². The smallest absolute Gasteiger partial charge is 0.259 e. The maximum atomic E-state index is 12.1. The number of benzene rings is 1. The number of ether oxygens (including phenoxy) is 1. The number of carbonyl (C=O) groups is 1. The van der Waals surface area contributed by atoms with Crippen LogP contribution in [0.4, 0.5) is 11.4 Å². The lowest BCUT2D eigenvalue weighted by Crippen LogP contribution is -2.13. The van der Waals surface area contributed by atoms with Crippen molar-refractivity contribution >= 4 is 28.9 Å². The largest absolute Gasteiger partial charge is 0.496 e. The van der Waals surface area contributed by atoms with Crippen molar-refractivity contribution in [2.45, 2.75) is 0 Å². The molecule has 2 rings (SSSR count). The monoisotopic (exact) mass is 277 g/mol. The lowest BCUT2D eigenvalue weighted by atomic mass is 10.1. The fourth-order valence-electron chi connectivity index (χ4n) is 1.55. The second-order valence-electron chi connectivity index (χ2n) is 3.77. The molecule has 0 unspecified atom stereocenters. The van der Waals surface area contributed by atoms with E-state index in [0.29, 0.717) is 27.7 Å². The second kappa shape index (κ2) is 5.58. The molecule has 1 heterocycles. The summed E-state index contributed by atoms with van der Waals surface area (Å²) in [4.78, 5) is 16.0. The molecule has 0 atom stereocenters. The van der Waals surface area contributed by atoms with E-state index >= 15 is 0 Å². The Kier molecular flexibility index (Phi) is 3.87. The molecule has 0 saturated carbocycles. The Bertz CT molecular complexity index is 617. The van der Waals surface area contributed by atoms with E-state index < -0.39 is 0 Å². The van der Waals surface area contributed by atoms with Gasteiger partial charge in [0.1, 0.15) is 5.75 Å². The first-order valence-electron chi connectivity index (χ1n) is 5.46. The Morgan fingerprint density at radius 1 is 1.42 bits per heavy atom. The van der Waals surface area contributed by atoms with E-state index in [1.807, 2.05) is 0 Å². The van der Waals surface area contributed by atoms with Crippen molar-refractivity contribution in [1.29, 1.82) is 0 Å². The van der Waals surface area contributed by atoms with Crippen LogP contribution >= 0.6 is 11.6 Å². The molecule has 0 aliphatic heterocycles. The number of hydrogen-bond acceptors (Lipinski definition) is 4. The number of aromatic nitrogens is 1. The lowest BCUT2D eigenvalue weighted by Gasteiger charge is -2.10. The van der Waals surface area contributed by atoms with Gasteiger partial charge < -0.3 is 15.8 Å². The van der Waals surface area contributed by atoms with Gasteiger partial charge in [0.15, 0.2) is 0 Å². The Balaban J connectivity index is 2.28. The van der Waals surface area contributed by atoms with Gasteiger partial charge in [0.05, 0.1) is 29.6 Å². The summed E-state index contributed by atoms with van der Waals surface area (Å²) in [6.07, 6.45) is 3.02. The van der Waals surface area contributed by atoms with Crippen LogP contribution in [0, 0.1) is 0 Å². The number of nitrogens with one attached hydrogen (secondary N) is 1. The number of pyridine rings is 1. The molecule has 1 aromatic heterocycles. The second-order valence-corrected chi connectivity index (χ2v) is 4.18. The molecule has 0 fully saturated rings. The summed E-state index contributed by atoms with van der Waals surface area (Å²) >= 11 is 5.95. The van der Waals surface area contributed by atoms with Crippen molar-refractivity contribution in [3.05, 3.63) is 47.2 Å². The zero-order chi connectivity index (χ0) is 13.8. The summed E-state index contributed by atoms with van der Waals surface area (Å²) in [6.45, 7) is 0. The summed E-state index contributed by atoms with van der Waals surface area (Å²) in [7, 11) is 1.47. The van der Waals surface area contributed by atoms with E-state index in [1.165, 1.54) is 13.3 Å². The van der Waals surface area contributed by atoms with Gasteiger partial charge in [-0.25, -0.2) is 0 Å². The van der Waals surface area contributed by atoms with Gasteiger partial charge in [0.2, 0.25) is 0 Å². The van der Waals surface area contributed by atoms with Gasteiger partial charge in [-0.15, -0.1) is 0 Å². The third-order valence-corrected chi connectivity index (χ3v) is 2.82. The van der Waals surface area contributed by atoms with Gasteiger partial charge in [-0.1, -0.05) is 11.6 Å². The highest BCUT2D eigenvalue weighted by Gasteiger charge is 2.13. The van der Waals surface area contributed by atoms with Crippen LogP contribution in [0.15, 0.2) is 36.7 Å². The van der Waals surface area contributed by atoms with E-state index in [9.17, 15) is 4.79 Å². The summed E-state index contributed by atoms with van der Waals surface area (Å²) in [6, 6.07) is 6.40. The zero-order valence-corrected chi connectivity index (χ0v) is 10.9. The number of nitrogens with two attached hydrogens (primary N) is 1. The van der Waals surface area contributed by atoms with Crippen molar-refractivity contribution in [3.8, 4) is 5.75 Å². The Hall–Kier alpha value is -2.27. The van der Waals surface area contributed by atoms with Crippen molar-refractivity contribution in [3.63, 3.8) is 0 Å². The first kappa shape index (κ1) is 13.2. The summed E-state index contributed by atoms with van der Waals surface area (Å²) in [5.74, 6) is 0.0595.